The molecule has 0 heterocycles. The maximum Gasteiger partial charge on any atom is 0.332 e. The molecule has 0 saturated heterocycles. The van der Waals surface area contributed by atoms with Crippen LogP contribution in [0.2, 0.25) is 0 Å². The van der Waals surface area contributed by atoms with Gasteiger partial charge in [-0.05, 0) is 24.3 Å². The van der Waals surface area contributed by atoms with Crippen molar-refractivity contribution < 1.29 is 24.5 Å². The fourth-order valence-electron chi connectivity index (χ4n) is 1.30. The first-order valence-electron chi connectivity index (χ1n) is 5.62. The summed E-state index contributed by atoms with van der Waals surface area (Å²) in [6, 6.07) is 6.27. The van der Waals surface area contributed by atoms with Gasteiger partial charge in [-0.1, -0.05) is 0 Å². The van der Waals surface area contributed by atoms with E-state index in [1.165, 1.54) is 0 Å². The molecule has 2 amide bonds. The summed E-state index contributed by atoms with van der Waals surface area (Å²) >= 11 is 0. The number of methoxy groups -OCH3 is 1. The summed E-state index contributed by atoms with van der Waals surface area (Å²) in [6.07, 6.45) is -1.52. The lowest BCUT2D eigenvalue weighted by atomic mass is 10.2. The van der Waals surface area contributed by atoms with E-state index in [9.17, 15) is 9.59 Å². The number of rotatable bonds is 6. The molecule has 0 saturated carbocycles. The summed E-state index contributed by atoms with van der Waals surface area (Å²) in [5.41, 5.74) is 0.581. The number of nitrogens with one attached hydrogen (secondary N) is 2. The Hall–Kier alpha value is -2.28. The van der Waals surface area contributed by atoms with Gasteiger partial charge < -0.3 is 25.6 Å². The van der Waals surface area contributed by atoms with E-state index in [-0.39, 0.29) is 13.0 Å². The average molecular weight is 268 g/mol. The van der Waals surface area contributed by atoms with Crippen LogP contribution in [0.25, 0.3) is 0 Å². The zero-order chi connectivity index (χ0) is 14.3. The van der Waals surface area contributed by atoms with Crippen molar-refractivity contribution in [3.05, 3.63) is 24.3 Å². The fraction of sp³-hybridized carbons (Fsp3) is 0.333. The van der Waals surface area contributed by atoms with E-state index in [1.54, 1.807) is 31.4 Å². The predicted octanol–water partition coefficient (Wildman–Crippen LogP) is 0.652. The molecular weight excluding hydrogens is 252 g/mol. The lowest BCUT2D eigenvalue weighted by molar-refractivity contribution is -0.146. The second-order valence-corrected chi connectivity index (χ2v) is 3.75. The number of aliphatic hydroxyl groups excluding tert-OH is 1. The van der Waals surface area contributed by atoms with Crippen LogP contribution in [-0.2, 0) is 4.79 Å². The number of benzene rings is 1. The minimum atomic E-state index is -1.47. The Kier molecular flexibility index (Phi) is 5.62. The number of hydrogen-bond donors (Lipinski definition) is 4. The molecule has 104 valence electrons. The second kappa shape index (κ2) is 7.22. The van der Waals surface area contributed by atoms with E-state index in [0.29, 0.717) is 11.4 Å². The molecule has 0 spiro atoms. The van der Waals surface area contributed by atoms with Crippen molar-refractivity contribution in [2.45, 2.75) is 12.5 Å². The standard InChI is InChI=1S/C12H16N2O5/c1-19-9-4-2-8(3-5-9)14-12(18)13-7-6-10(15)11(16)17/h2-5,10,15H,6-7H2,1H3,(H,16,17)(H2,13,14,18). The van der Waals surface area contributed by atoms with Crippen molar-refractivity contribution in [2.75, 3.05) is 19.0 Å². The Morgan fingerprint density at radius 3 is 2.47 bits per heavy atom. The van der Waals surface area contributed by atoms with E-state index < -0.39 is 18.1 Å². The van der Waals surface area contributed by atoms with Crippen molar-refractivity contribution in [2.24, 2.45) is 0 Å². The molecule has 1 atom stereocenters. The maximum atomic E-state index is 11.4. The van der Waals surface area contributed by atoms with Crippen LogP contribution in [0, 0.1) is 0 Å². The van der Waals surface area contributed by atoms with Crippen LogP contribution in [0.1, 0.15) is 6.42 Å². The van der Waals surface area contributed by atoms with E-state index in [1.807, 2.05) is 0 Å². The minimum absolute atomic E-state index is 0.0502. The first-order valence-corrected chi connectivity index (χ1v) is 5.62. The second-order valence-electron chi connectivity index (χ2n) is 3.75. The number of ether oxygens (including phenoxy) is 1. The monoisotopic (exact) mass is 268 g/mol. The summed E-state index contributed by atoms with van der Waals surface area (Å²) in [5.74, 6) is -0.632. The molecule has 19 heavy (non-hydrogen) atoms. The highest BCUT2D eigenvalue weighted by Crippen LogP contribution is 2.14. The van der Waals surface area contributed by atoms with Gasteiger partial charge in [0.15, 0.2) is 6.10 Å². The number of carboxylic acids is 1. The Morgan fingerprint density at radius 2 is 1.95 bits per heavy atom. The van der Waals surface area contributed by atoms with Crippen molar-refractivity contribution in [3.63, 3.8) is 0 Å². The third kappa shape index (κ3) is 5.26. The highest BCUT2D eigenvalue weighted by Gasteiger charge is 2.12. The van der Waals surface area contributed by atoms with Gasteiger partial charge in [0.1, 0.15) is 5.75 Å². The van der Waals surface area contributed by atoms with Crippen molar-refractivity contribution in [3.8, 4) is 5.75 Å². The molecule has 7 heteroatoms. The van der Waals surface area contributed by atoms with Crippen LogP contribution < -0.4 is 15.4 Å². The van der Waals surface area contributed by atoms with Crippen LogP contribution in [-0.4, -0.2) is 42.0 Å². The van der Waals surface area contributed by atoms with E-state index >= 15 is 0 Å². The van der Waals surface area contributed by atoms with Crippen molar-refractivity contribution >= 4 is 17.7 Å². The minimum Gasteiger partial charge on any atom is -0.497 e. The smallest absolute Gasteiger partial charge is 0.332 e. The molecule has 4 N–H and O–H groups in total. The lowest BCUT2D eigenvalue weighted by Crippen LogP contribution is -2.33. The van der Waals surface area contributed by atoms with Gasteiger partial charge in [0.25, 0.3) is 0 Å². The number of carboxylic acid groups (broad SMARTS) is 1. The number of carbonyl (C=O) groups is 2. The quantitative estimate of drug-likeness (QED) is 0.606. The molecule has 0 bridgehead atoms. The number of aliphatic hydroxyl groups is 1. The van der Waals surface area contributed by atoms with E-state index in [4.69, 9.17) is 14.9 Å². The molecule has 0 aliphatic rings. The Bertz CT molecular complexity index is 432. The molecule has 1 aromatic carbocycles. The van der Waals surface area contributed by atoms with Crippen molar-refractivity contribution in [1.82, 2.24) is 5.32 Å². The first kappa shape index (κ1) is 14.8. The predicted molar refractivity (Wildman–Crippen MR) is 68.3 cm³/mol. The molecule has 7 nitrogen and oxygen atoms in total. The van der Waals surface area contributed by atoms with Gasteiger partial charge in [0.05, 0.1) is 7.11 Å². The van der Waals surface area contributed by atoms with Crippen LogP contribution in [0.4, 0.5) is 10.5 Å². The lowest BCUT2D eigenvalue weighted by Gasteiger charge is -2.09. The van der Waals surface area contributed by atoms with E-state index in [2.05, 4.69) is 10.6 Å². The summed E-state index contributed by atoms with van der Waals surface area (Å²) in [6.45, 7) is 0.0649. The molecule has 0 aliphatic heterocycles. The van der Waals surface area contributed by atoms with Gasteiger partial charge in [0.2, 0.25) is 0 Å². The molecule has 0 aliphatic carbocycles. The summed E-state index contributed by atoms with van der Waals surface area (Å²) in [5, 5.41) is 22.4. The summed E-state index contributed by atoms with van der Waals surface area (Å²) < 4.78 is 4.98. The van der Waals surface area contributed by atoms with Gasteiger partial charge in [-0.3, -0.25) is 0 Å². The molecule has 0 radical (unpaired) electrons. The van der Waals surface area contributed by atoms with Gasteiger partial charge in [0, 0.05) is 18.7 Å². The third-order valence-corrected chi connectivity index (χ3v) is 2.34. The molecule has 1 aromatic rings. The van der Waals surface area contributed by atoms with Crippen molar-refractivity contribution in [1.29, 1.82) is 0 Å². The molecular formula is C12H16N2O5. The number of aliphatic carboxylic acids is 1. The number of amides is 2. The van der Waals surface area contributed by atoms with Gasteiger partial charge in [-0.25, -0.2) is 9.59 Å². The highest BCUT2D eigenvalue weighted by molar-refractivity contribution is 5.89. The number of urea groups is 1. The van der Waals surface area contributed by atoms with Gasteiger partial charge in [-0.2, -0.15) is 0 Å². The van der Waals surface area contributed by atoms with Gasteiger partial charge >= 0.3 is 12.0 Å². The van der Waals surface area contributed by atoms with Gasteiger partial charge in [-0.15, -0.1) is 0 Å². The van der Waals surface area contributed by atoms with E-state index in [0.717, 1.165) is 0 Å². The maximum absolute atomic E-state index is 11.4. The highest BCUT2D eigenvalue weighted by atomic mass is 16.5. The summed E-state index contributed by atoms with van der Waals surface area (Å²) in [4.78, 5) is 21.8. The van der Waals surface area contributed by atoms with Crippen LogP contribution in [0.5, 0.6) is 5.75 Å². The van der Waals surface area contributed by atoms with Crippen LogP contribution in [0.15, 0.2) is 24.3 Å². The zero-order valence-corrected chi connectivity index (χ0v) is 10.4. The topological polar surface area (TPSA) is 108 Å². The number of anilines is 1. The number of carbonyl (C=O) groups excluding carboxylic acids is 1. The Morgan fingerprint density at radius 1 is 1.32 bits per heavy atom. The average Bonchev–Trinajstić information content (AvgIpc) is 2.39. The Labute approximate surface area is 110 Å². The largest absolute Gasteiger partial charge is 0.497 e. The van der Waals surface area contributed by atoms with Crippen LogP contribution in [0.3, 0.4) is 0 Å². The fourth-order valence-corrected chi connectivity index (χ4v) is 1.30. The first-order chi connectivity index (χ1) is 9.02. The molecule has 0 fully saturated rings. The van der Waals surface area contributed by atoms with Crippen LogP contribution >= 0.6 is 0 Å². The molecule has 1 rings (SSSR count). The molecule has 0 aromatic heterocycles. The summed E-state index contributed by atoms with van der Waals surface area (Å²) in [7, 11) is 1.54. The Balaban J connectivity index is 2.32. The zero-order valence-electron chi connectivity index (χ0n) is 10.4. The normalized spacial score (nSPS) is 11.5. The molecule has 1 unspecified atom stereocenters. The SMILES string of the molecule is COc1ccc(NC(=O)NCCC(O)C(=O)O)cc1. The third-order valence-electron chi connectivity index (χ3n) is 2.34. The number of hydrogen-bond acceptors (Lipinski definition) is 4.